The molecule has 2 aromatic heterocycles. The Morgan fingerprint density at radius 3 is 2.55 bits per heavy atom. The summed E-state index contributed by atoms with van der Waals surface area (Å²) >= 11 is 1.56. The van der Waals surface area contributed by atoms with E-state index in [0.717, 1.165) is 32.0 Å². The molecule has 0 aliphatic carbocycles. The first-order valence-electron chi connectivity index (χ1n) is 9.63. The van der Waals surface area contributed by atoms with Crippen molar-refractivity contribution >= 4 is 32.6 Å². The van der Waals surface area contributed by atoms with E-state index in [1.54, 1.807) is 28.6 Å². The number of hydrogen-bond donors (Lipinski definition) is 0. The Hall–Kier alpha value is -3.05. The lowest BCUT2D eigenvalue weighted by Gasteiger charge is -2.20. The summed E-state index contributed by atoms with van der Waals surface area (Å²) in [5.74, 6) is 0.0359. The highest BCUT2D eigenvalue weighted by Crippen LogP contribution is 2.32. The molecule has 29 heavy (non-hydrogen) atoms. The maximum absolute atomic E-state index is 13.3. The highest BCUT2D eigenvalue weighted by atomic mass is 32.1. The third-order valence-electron chi connectivity index (χ3n) is 5.13. The largest absolute Gasteiger partial charge is 0.283 e. The average Bonchev–Trinajstić information content (AvgIpc) is 3.15. The molecule has 4 nitrogen and oxygen atoms in total. The molecule has 0 radical (unpaired) electrons. The van der Waals surface area contributed by atoms with Crippen molar-refractivity contribution < 1.29 is 4.79 Å². The van der Waals surface area contributed by atoms with Crippen LogP contribution in [0.15, 0.2) is 60.9 Å². The molecule has 0 atom stereocenters. The van der Waals surface area contributed by atoms with Gasteiger partial charge in [0.1, 0.15) is 0 Å². The minimum Gasteiger partial charge on any atom is -0.283 e. The number of rotatable bonds is 5. The zero-order valence-electron chi connectivity index (χ0n) is 16.8. The SMILES string of the molecule is Cc1ccc(CC(=O)N(Cc2cccnc2)c2nc3c(C)cccc3s2)cc1C. The number of thiazole rings is 1. The van der Waals surface area contributed by atoms with Gasteiger partial charge < -0.3 is 0 Å². The van der Waals surface area contributed by atoms with Gasteiger partial charge in [-0.3, -0.25) is 14.7 Å². The van der Waals surface area contributed by atoms with Gasteiger partial charge in [-0.05, 0) is 60.7 Å². The first-order chi connectivity index (χ1) is 14.0. The predicted octanol–water partition coefficient (Wildman–Crippen LogP) is 5.39. The van der Waals surface area contributed by atoms with Crippen LogP contribution in [0, 0.1) is 20.8 Å². The van der Waals surface area contributed by atoms with E-state index < -0.39 is 0 Å². The van der Waals surface area contributed by atoms with Crippen molar-refractivity contribution in [1.29, 1.82) is 0 Å². The topological polar surface area (TPSA) is 46.1 Å². The third-order valence-corrected chi connectivity index (χ3v) is 6.18. The van der Waals surface area contributed by atoms with E-state index in [2.05, 4.69) is 37.0 Å². The molecule has 0 bridgehead atoms. The molecule has 146 valence electrons. The Balaban J connectivity index is 1.69. The standard InChI is InChI=1S/C24H23N3OS/c1-16-9-10-19(12-18(16)3)13-22(28)27(15-20-7-5-11-25-14-20)24-26-23-17(2)6-4-8-21(23)29-24/h4-12,14H,13,15H2,1-3H3. The highest BCUT2D eigenvalue weighted by molar-refractivity contribution is 7.22. The fourth-order valence-electron chi connectivity index (χ4n) is 3.31. The van der Waals surface area contributed by atoms with Gasteiger partial charge in [0.15, 0.2) is 5.13 Å². The van der Waals surface area contributed by atoms with Gasteiger partial charge in [0.25, 0.3) is 0 Å². The van der Waals surface area contributed by atoms with Crippen LogP contribution >= 0.6 is 11.3 Å². The molecule has 0 N–H and O–H groups in total. The zero-order valence-corrected chi connectivity index (χ0v) is 17.7. The molecule has 4 aromatic rings. The van der Waals surface area contributed by atoms with Crippen LogP contribution in [-0.4, -0.2) is 15.9 Å². The number of hydrogen-bond acceptors (Lipinski definition) is 4. The highest BCUT2D eigenvalue weighted by Gasteiger charge is 2.21. The second-order valence-electron chi connectivity index (χ2n) is 7.35. The Morgan fingerprint density at radius 2 is 1.83 bits per heavy atom. The van der Waals surface area contributed by atoms with Crippen LogP contribution in [-0.2, 0) is 17.8 Å². The van der Waals surface area contributed by atoms with Crippen molar-refractivity contribution in [3.63, 3.8) is 0 Å². The number of pyridine rings is 1. The molecule has 0 aliphatic heterocycles. The summed E-state index contributed by atoms with van der Waals surface area (Å²) in [7, 11) is 0. The molecule has 0 saturated heterocycles. The number of para-hydroxylation sites is 1. The summed E-state index contributed by atoms with van der Waals surface area (Å²) in [6, 6.07) is 16.2. The fourth-order valence-corrected chi connectivity index (χ4v) is 4.37. The van der Waals surface area contributed by atoms with Gasteiger partial charge in [0, 0.05) is 12.4 Å². The Kier molecular flexibility index (Phi) is 5.41. The minimum atomic E-state index is 0.0359. The van der Waals surface area contributed by atoms with E-state index in [9.17, 15) is 4.79 Å². The van der Waals surface area contributed by atoms with Gasteiger partial charge in [0.2, 0.25) is 5.91 Å². The van der Waals surface area contributed by atoms with Crippen LogP contribution in [0.2, 0.25) is 0 Å². The molecule has 4 rings (SSSR count). The molecule has 2 aromatic carbocycles. The van der Waals surface area contributed by atoms with Gasteiger partial charge in [-0.2, -0.15) is 0 Å². The summed E-state index contributed by atoms with van der Waals surface area (Å²) in [5.41, 5.74) is 6.51. The van der Waals surface area contributed by atoms with Crippen LogP contribution in [0.1, 0.15) is 27.8 Å². The van der Waals surface area contributed by atoms with Crippen LogP contribution in [0.25, 0.3) is 10.2 Å². The molecule has 0 fully saturated rings. The quantitative estimate of drug-likeness (QED) is 0.450. The summed E-state index contributed by atoms with van der Waals surface area (Å²) in [6.45, 7) is 6.66. The molecule has 0 aliphatic rings. The Bertz CT molecular complexity index is 1170. The van der Waals surface area contributed by atoms with Crippen molar-refractivity contribution in [1.82, 2.24) is 9.97 Å². The number of amides is 1. The fraction of sp³-hybridized carbons (Fsp3) is 0.208. The number of aryl methyl sites for hydroxylation is 3. The Morgan fingerprint density at radius 1 is 0.966 bits per heavy atom. The Labute approximate surface area is 174 Å². The van der Waals surface area contributed by atoms with Crippen LogP contribution in [0.4, 0.5) is 5.13 Å². The van der Waals surface area contributed by atoms with E-state index >= 15 is 0 Å². The lowest BCUT2D eigenvalue weighted by atomic mass is 10.0. The first-order valence-corrected chi connectivity index (χ1v) is 10.4. The van der Waals surface area contributed by atoms with Crippen molar-refractivity contribution in [3.05, 3.63) is 88.7 Å². The number of aromatic nitrogens is 2. The molecule has 2 heterocycles. The lowest BCUT2D eigenvalue weighted by Crippen LogP contribution is -2.31. The van der Waals surface area contributed by atoms with Crippen molar-refractivity contribution in [2.45, 2.75) is 33.7 Å². The predicted molar refractivity (Wildman–Crippen MR) is 119 cm³/mol. The van der Waals surface area contributed by atoms with E-state index in [1.807, 2.05) is 37.3 Å². The molecular formula is C24H23N3OS. The monoisotopic (exact) mass is 401 g/mol. The van der Waals surface area contributed by atoms with E-state index in [0.29, 0.717) is 13.0 Å². The maximum atomic E-state index is 13.3. The lowest BCUT2D eigenvalue weighted by molar-refractivity contribution is -0.118. The summed E-state index contributed by atoms with van der Waals surface area (Å²) in [6.07, 6.45) is 3.89. The normalized spacial score (nSPS) is 11.0. The van der Waals surface area contributed by atoms with Crippen LogP contribution < -0.4 is 4.90 Å². The number of fused-ring (bicyclic) bond motifs is 1. The van der Waals surface area contributed by atoms with Crippen LogP contribution in [0.3, 0.4) is 0 Å². The van der Waals surface area contributed by atoms with Gasteiger partial charge >= 0.3 is 0 Å². The van der Waals surface area contributed by atoms with E-state index in [4.69, 9.17) is 4.98 Å². The molecule has 1 amide bonds. The summed E-state index contributed by atoms with van der Waals surface area (Å²) in [5, 5.41) is 0.729. The third kappa shape index (κ3) is 4.20. The summed E-state index contributed by atoms with van der Waals surface area (Å²) < 4.78 is 1.09. The van der Waals surface area contributed by atoms with Gasteiger partial charge in [-0.1, -0.05) is 47.7 Å². The van der Waals surface area contributed by atoms with Crippen molar-refractivity contribution in [2.24, 2.45) is 0 Å². The average molecular weight is 402 g/mol. The second-order valence-corrected chi connectivity index (χ2v) is 8.36. The molecule has 0 saturated carbocycles. The number of carbonyl (C=O) groups excluding carboxylic acids is 1. The van der Waals surface area contributed by atoms with E-state index in [1.165, 1.54) is 11.1 Å². The molecular weight excluding hydrogens is 378 g/mol. The van der Waals surface area contributed by atoms with E-state index in [-0.39, 0.29) is 5.91 Å². The van der Waals surface area contributed by atoms with Gasteiger partial charge in [0.05, 0.1) is 23.2 Å². The summed E-state index contributed by atoms with van der Waals surface area (Å²) in [4.78, 5) is 24.1. The van der Waals surface area contributed by atoms with Gasteiger partial charge in [-0.15, -0.1) is 0 Å². The number of nitrogens with zero attached hydrogens (tertiary/aromatic N) is 3. The number of carbonyl (C=O) groups is 1. The van der Waals surface area contributed by atoms with Gasteiger partial charge in [-0.25, -0.2) is 4.98 Å². The van der Waals surface area contributed by atoms with Crippen molar-refractivity contribution in [2.75, 3.05) is 4.90 Å². The van der Waals surface area contributed by atoms with Crippen LogP contribution in [0.5, 0.6) is 0 Å². The number of anilines is 1. The molecule has 0 spiro atoms. The van der Waals surface area contributed by atoms with Crippen molar-refractivity contribution in [3.8, 4) is 0 Å². The number of benzene rings is 2. The maximum Gasteiger partial charge on any atom is 0.233 e. The minimum absolute atomic E-state index is 0.0359. The molecule has 0 unspecified atom stereocenters. The first kappa shape index (κ1) is 19.3. The second kappa shape index (κ2) is 8.13. The zero-order chi connectivity index (χ0) is 20.4. The smallest absolute Gasteiger partial charge is 0.233 e. The molecule has 5 heteroatoms.